The number of carbonyl (C=O) groups excluding carboxylic acids is 2. The number of benzene rings is 2. The molecule has 2 aromatic carbocycles. The smallest absolute Gasteiger partial charge is 0.241 e. The van der Waals surface area contributed by atoms with E-state index in [1.807, 2.05) is 0 Å². The second kappa shape index (κ2) is 8.98. The second-order valence-electron chi connectivity index (χ2n) is 8.54. The molecular weight excluding hydrogens is 438 g/mol. The number of sulfonamides is 1. The molecule has 0 aromatic heterocycles. The molecular formula is C22H26ClN3O4S. The minimum absolute atomic E-state index is 0.0385. The van der Waals surface area contributed by atoms with Crippen LogP contribution in [0.5, 0.6) is 0 Å². The van der Waals surface area contributed by atoms with Crippen LogP contribution in [0.4, 0.5) is 5.69 Å². The monoisotopic (exact) mass is 463 g/mol. The van der Waals surface area contributed by atoms with Gasteiger partial charge in [-0.05, 0) is 44.5 Å². The minimum atomic E-state index is -3.75. The molecule has 1 saturated heterocycles. The number of anilines is 1. The van der Waals surface area contributed by atoms with Gasteiger partial charge in [0.15, 0.2) is 0 Å². The Balaban J connectivity index is 1.70. The van der Waals surface area contributed by atoms with Crippen LogP contribution in [0.25, 0.3) is 0 Å². The van der Waals surface area contributed by atoms with Crippen molar-refractivity contribution in [3.8, 4) is 0 Å². The predicted octanol–water partition coefficient (Wildman–Crippen LogP) is 3.09. The van der Waals surface area contributed by atoms with Crippen LogP contribution in [0, 0.1) is 5.92 Å². The molecule has 1 atom stereocenters. The summed E-state index contributed by atoms with van der Waals surface area (Å²) in [6.07, 6.45) is 0.0720. The highest BCUT2D eigenvalue weighted by atomic mass is 35.5. The van der Waals surface area contributed by atoms with E-state index < -0.39 is 21.5 Å². The molecule has 2 N–H and O–H groups in total. The maximum absolute atomic E-state index is 12.8. The van der Waals surface area contributed by atoms with Crippen LogP contribution < -0.4 is 14.9 Å². The summed E-state index contributed by atoms with van der Waals surface area (Å²) in [6, 6.07) is 13.5. The number of hydrogen-bond donors (Lipinski definition) is 2. The Labute approximate surface area is 187 Å². The van der Waals surface area contributed by atoms with E-state index in [1.54, 1.807) is 63.2 Å². The molecule has 2 aromatic rings. The fourth-order valence-electron chi connectivity index (χ4n) is 3.48. The average molecular weight is 464 g/mol. The van der Waals surface area contributed by atoms with Crippen molar-refractivity contribution in [3.63, 3.8) is 0 Å². The third-order valence-electron chi connectivity index (χ3n) is 4.79. The van der Waals surface area contributed by atoms with E-state index >= 15 is 0 Å². The quantitative estimate of drug-likeness (QED) is 0.688. The van der Waals surface area contributed by atoms with E-state index in [0.717, 1.165) is 0 Å². The summed E-state index contributed by atoms with van der Waals surface area (Å²) in [7, 11) is -3.75. The molecule has 0 bridgehead atoms. The van der Waals surface area contributed by atoms with Crippen LogP contribution in [-0.2, 0) is 26.2 Å². The maximum atomic E-state index is 12.8. The van der Waals surface area contributed by atoms with Gasteiger partial charge in [0.05, 0.1) is 21.5 Å². The van der Waals surface area contributed by atoms with Gasteiger partial charge in [-0.2, -0.15) is 0 Å². The molecule has 1 aliphatic heterocycles. The largest absolute Gasteiger partial charge is 0.352 e. The number of nitrogens with zero attached hydrogens (tertiary/aromatic N) is 1. The van der Waals surface area contributed by atoms with Crippen LogP contribution in [0.2, 0.25) is 5.02 Å². The third-order valence-corrected chi connectivity index (χ3v) is 6.97. The van der Waals surface area contributed by atoms with E-state index in [1.165, 1.54) is 11.0 Å². The van der Waals surface area contributed by atoms with E-state index in [2.05, 4.69) is 10.0 Å². The van der Waals surface area contributed by atoms with Crippen molar-refractivity contribution < 1.29 is 18.0 Å². The van der Waals surface area contributed by atoms with Gasteiger partial charge in [0.2, 0.25) is 21.8 Å². The predicted molar refractivity (Wildman–Crippen MR) is 120 cm³/mol. The van der Waals surface area contributed by atoms with Gasteiger partial charge in [-0.1, -0.05) is 41.9 Å². The number of halogens is 1. The number of carbonyl (C=O) groups is 2. The highest BCUT2D eigenvalue weighted by Gasteiger charge is 2.36. The standard InChI is InChI=1S/C22H26ClN3O4S/c1-22(2,3)25-31(29,30)19-11-7-4-8-15(19)13-24-21(28)16-12-20(27)26(14-16)18-10-6-5-9-17(18)23/h4-11,16,25H,12-14H2,1-3H3,(H,24,28)/t16-/m0/s1. The van der Waals surface area contributed by atoms with Gasteiger partial charge in [-0.3, -0.25) is 9.59 Å². The van der Waals surface area contributed by atoms with Gasteiger partial charge in [0, 0.05) is 25.0 Å². The third kappa shape index (κ3) is 5.64. The summed E-state index contributed by atoms with van der Waals surface area (Å²) in [5.74, 6) is -1.02. The van der Waals surface area contributed by atoms with Crippen molar-refractivity contribution in [2.75, 3.05) is 11.4 Å². The summed E-state index contributed by atoms with van der Waals surface area (Å²) in [6.45, 7) is 5.54. The summed E-state index contributed by atoms with van der Waals surface area (Å²) >= 11 is 6.19. The van der Waals surface area contributed by atoms with Crippen LogP contribution in [0.1, 0.15) is 32.8 Å². The van der Waals surface area contributed by atoms with Crippen molar-refractivity contribution in [1.29, 1.82) is 0 Å². The van der Waals surface area contributed by atoms with Crippen molar-refractivity contribution >= 4 is 39.1 Å². The van der Waals surface area contributed by atoms with Gasteiger partial charge in [0.25, 0.3) is 0 Å². The molecule has 0 unspecified atom stereocenters. The summed E-state index contributed by atoms with van der Waals surface area (Å²) < 4.78 is 28.1. The van der Waals surface area contributed by atoms with Crippen molar-refractivity contribution in [2.24, 2.45) is 5.92 Å². The minimum Gasteiger partial charge on any atom is -0.352 e. The highest BCUT2D eigenvalue weighted by Crippen LogP contribution is 2.31. The van der Waals surface area contributed by atoms with Crippen molar-refractivity contribution in [2.45, 2.75) is 44.2 Å². The Morgan fingerprint density at radius 1 is 1.13 bits per heavy atom. The van der Waals surface area contributed by atoms with E-state index in [-0.39, 0.29) is 36.2 Å². The number of rotatable bonds is 6. The zero-order valence-electron chi connectivity index (χ0n) is 17.7. The Bertz CT molecular complexity index is 1100. The van der Waals surface area contributed by atoms with Crippen LogP contribution in [0.15, 0.2) is 53.4 Å². The van der Waals surface area contributed by atoms with Gasteiger partial charge in [-0.15, -0.1) is 0 Å². The van der Waals surface area contributed by atoms with E-state index in [0.29, 0.717) is 16.3 Å². The van der Waals surface area contributed by atoms with E-state index in [4.69, 9.17) is 11.6 Å². The van der Waals surface area contributed by atoms with Crippen LogP contribution in [-0.4, -0.2) is 32.3 Å². The zero-order chi connectivity index (χ0) is 22.8. The van der Waals surface area contributed by atoms with Crippen LogP contribution in [0.3, 0.4) is 0 Å². The highest BCUT2D eigenvalue weighted by molar-refractivity contribution is 7.89. The number of amides is 2. The fourth-order valence-corrected chi connectivity index (χ4v) is 5.38. The molecule has 7 nitrogen and oxygen atoms in total. The SMILES string of the molecule is CC(C)(C)NS(=O)(=O)c1ccccc1CNC(=O)[C@H]1CC(=O)N(c2ccccc2Cl)C1. The van der Waals surface area contributed by atoms with Crippen molar-refractivity contribution in [3.05, 3.63) is 59.1 Å². The zero-order valence-corrected chi connectivity index (χ0v) is 19.3. The van der Waals surface area contributed by atoms with Crippen LogP contribution >= 0.6 is 11.6 Å². The molecule has 0 aliphatic carbocycles. The van der Waals surface area contributed by atoms with Gasteiger partial charge in [0.1, 0.15) is 0 Å². The molecule has 166 valence electrons. The molecule has 0 saturated carbocycles. The molecule has 31 heavy (non-hydrogen) atoms. The number of hydrogen-bond acceptors (Lipinski definition) is 4. The second-order valence-corrected chi connectivity index (χ2v) is 10.6. The lowest BCUT2D eigenvalue weighted by molar-refractivity contribution is -0.126. The lowest BCUT2D eigenvalue weighted by Crippen LogP contribution is -2.41. The molecule has 0 radical (unpaired) electrons. The first-order valence-electron chi connectivity index (χ1n) is 9.92. The lowest BCUT2D eigenvalue weighted by Gasteiger charge is -2.22. The molecule has 9 heteroatoms. The molecule has 1 aliphatic rings. The summed E-state index contributed by atoms with van der Waals surface area (Å²) in [5.41, 5.74) is 0.413. The van der Waals surface area contributed by atoms with Crippen molar-refractivity contribution in [1.82, 2.24) is 10.0 Å². The number of nitrogens with one attached hydrogen (secondary N) is 2. The fraction of sp³-hybridized carbons (Fsp3) is 0.364. The molecule has 0 spiro atoms. The Morgan fingerprint density at radius 2 is 1.77 bits per heavy atom. The molecule has 2 amide bonds. The summed E-state index contributed by atoms with van der Waals surface area (Å²) in [5, 5.41) is 3.23. The molecule has 1 heterocycles. The van der Waals surface area contributed by atoms with Gasteiger partial charge < -0.3 is 10.2 Å². The topological polar surface area (TPSA) is 95.6 Å². The molecule has 1 fully saturated rings. The maximum Gasteiger partial charge on any atom is 0.241 e. The van der Waals surface area contributed by atoms with Gasteiger partial charge >= 0.3 is 0 Å². The first-order chi connectivity index (χ1) is 14.5. The summed E-state index contributed by atoms with van der Waals surface area (Å²) in [4.78, 5) is 26.8. The number of para-hydroxylation sites is 1. The first-order valence-corrected chi connectivity index (χ1v) is 11.8. The Kier molecular flexibility index (Phi) is 6.73. The average Bonchev–Trinajstić information content (AvgIpc) is 3.06. The van der Waals surface area contributed by atoms with Gasteiger partial charge in [-0.25, -0.2) is 13.1 Å². The molecule has 3 rings (SSSR count). The Morgan fingerprint density at radius 3 is 2.45 bits per heavy atom. The van der Waals surface area contributed by atoms with E-state index in [9.17, 15) is 18.0 Å². The normalized spacial score (nSPS) is 17.1. The Hall–Kier alpha value is -2.42. The lowest BCUT2D eigenvalue weighted by atomic mass is 10.1. The first kappa shape index (κ1) is 23.2.